The van der Waals surface area contributed by atoms with Crippen LogP contribution in [0, 0.1) is 6.92 Å². The fourth-order valence-electron chi connectivity index (χ4n) is 2.45. The third-order valence-corrected chi connectivity index (χ3v) is 3.58. The molecule has 0 saturated carbocycles. The van der Waals surface area contributed by atoms with Crippen LogP contribution in [0.1, 0.15) is 44.1 Å². The van der Waals surface area contributed by atoms with Gasteiger partial charge in [0.05, 0.1) is 6.54 Å². The summed E-state index contributed by atoms with van der Waals surface area (Å²) in [4.78, 5) is 25.7. The van der Waals surface area contributed by atoms with E-state index in [0.29, 0.717) is 25.9 Å². The number of nitrogens with zero attached hydrogens (tertiary/aromatic N) is 1. The lowest BCUT2D eigenvalue weighted by Gasteiger charge is -2.23. The van der Waals surface area contributed by atoms with Crippen LogP contribution in [-0.4, -0.2) is 29.3 Å². The monoisotopic (exact) mass is 278 g/mol. The standard InChI is InChI=1S/C15H22N2O3/c1-3-4-9-16-15(19)13-7-8-14(18)17(13)10-12-6-5-11(2)20-12/h5-6,13H,3-4,7-10H2,1-2H3,(H,16,19)/t13-/m1/s1. The highest BCUT2D eigenvalue weighted by molar-refractivity contribution is 5.90. The van der Waals surface area contributed by atoms with Gasteiger partial charge in [-0.3, -0.25) is 9.59 Å². The molecular formula is C15H22N2O3. The SMILES string of the molecule is CCCCNC(=O)[C@H]1CCC(=O)N1Cc1ccc(C)o1. The van der Waals surface area contributed by atoms with E-state index < -0.39 is 0 Å². The normalized spacial score (nSPS) is 18.6. The first kappa shape index (κ1) is 14.6. The first-order valence-electron chi connectivity index (χ1n) is 7.24. The summed E-state index contributed by atoms with van der Waals surface area (Å²) in [6, 6.07) is 3.36. The predicted molar refractivity (Wildman–Crippen MR) is 74.9 cm³/mol. The van der Waals surface area contributed by atoms with Gasteiger partial charge >= 0.3 is 0 Å². The smallest absolute Gasteiger partial charge is 0.242 e. The molecule has 1 aromatic rings. The van der Waals surface area contributed by atoms with Gasteiger partial charge in [0.2, 0.25) is 11.8 Å². The second-order valence-electron chi connectivity index (χ2n) is 5.23. The van der Waals surface area contributed by atoms with Gasteiger partial charge in [-0.1, -0.05) is 13.3 Å². The van der Waals surface area contributed by atoms with Crippen LogP contribution in [0.15, 0.2) is 16.5 Å². The Morgan fingerprint density at radius 3 is 2.95 bits per heavy atom. The highest BCUT2D eigenvalue weighted by Gasteiger charge is 2.36. The molecule has 1 atom stereocenters. The molecule has 0 radical (unpaired) electrons. The van der Waals surface area contributed by atoms with E-state index in [-0.39, 0.29) is 17.9 Å². The number of likely N-dealkylation sites (tertiary alicyclic amines) is 1. The van der Waals surface area contributed by atoms with Crippen molar-refractivity contribution < 1.29 is 14.0 Å². The van der Waals surface area contributed by atoms with Crippen LogP contribution in [0.4, 0.5) is 0 Å². The second kappa shape index (κ2) is 6.59. The lowest BCUT2D eigenvalue weighted by atomic mass is 10.2. The van der Waals surface area contributed by atoms with E-state index in [2.05, 4.69) is 12.2 Å². The van der Waals surface area contributed by atoms with E-state index in [4.69, 9.17) is 4.42 Å². The fourth-order valence-corrected chi connectivity index (χ4v) is 2.45. The number of furan rings is 1. The first-order valence-corrected chi connectivity index (χ1v) is 7.24. The van der Waals surface area contributed by atoms with Crippen LogP contribution < -0.4 is 5.32 Å². The molecule has 1 fully saturated rings. The molecule has 110 valence electrons. The average molecular weight is 278 g/mol. The van der Waals surface area contributed by atoms with Crippen LogP contribution in [0.3, 0.4) is 0 Å². The molecule has 0 bridgehead atoms. The molecule has 1 aliphatic heterocycles. The number of carbonyl (C=O) groups excluding carboxylic acids is 2. The summed E-state index contributed by atoms with van der Waals surface area (Å²) >= 11 is 0. The zero-order chi connectivity index (χ0) is 14.5. The predicted octanol–water partition coefficient (Wildman–Crippen LogP) is 2.00. The van der Waals surface area contributed by atoms with Gasteiger partial charge in [0.25, 0.3) is 0 Å². The number of unbranched alkanes of at least 4 members (excludes halogenated alkanes) is 1. The van der Waals surface area contributed by atoms with Crippen molar-refractivity contribution in [1.82, 2.24) is 10.2 Å². The Labute approximate surface area is 119 Å². The Hall–Kier alpha value is -1.78. The van der Waals surface area contributed by atoms with E-state index in [1.807, 2.05) is 19.1 Å². The van der Waals surface area contributed by atoms with Crippen molar-refractivity contribution in [2.45, 2.75) is 52.1 Å². The number of hydrogen-bond acceptors (Lipinski definition) is 3. The van der Waals surface area contributed by atoms with Gasteiger partial charge in [0.1, 0.15) is 17.6 Å². The Morgan fingerprint density at radius 2 is 2.30 bits per heavy atom. The Kier molecular flexibility index (Phi) is 4.82. The zero-order valence-electron chi connectivity index (χ0n) is 12.1. The van der Waals surface area contributed by atoms with Crippen LogP contribution in [0.2, 0.25) is 0 Å². The lowest BCUT2D eigenvalue weighted by Crippen LogP contribution is -2.44. The minimum absolute atomic E-state index is 0.0229. The average Bonchev–Trinajstić information content (AvgIpc) is 2.98. The van der Waals surface area contributed by atoms with Crippen LogP contribution >= 0.6 is 0 Å². The quantitative estimate of drug-likeness (QED) is 0.809. The minimum Gasteiger partial charge on any atom is -0.464 e. The van der Waals surface area contributed by atoms with E-state index in [1.165, 1.54) is 0 Å². The number of rotatable bonds is 6. The highest BCUT2D eigenvalue weighted by atomic mass is 16.3. The van der Waals surface area contributed by atoms with Crippen molar-refractivity contribution in [3.8, 4) is 0 Å². The molecule has 1 N–H and O–H groups in total. The molecule has 2 rings (SSSR count). The van der Waals surface area contributed by atoms with E-state index in [0.717, 1.165) is 24.4 Å². The van der Waals surface area contributed by atoms with Crippen LogP contribution in [0.5, 0.6) is 0 Å². The third-order valence-electron chi connectivity index (χ3n) is 3.58. The number of carbonyl (C=O) groups is 2. The van der Waals surface area contributed by atoms with Gasteiger partial charge in [-0.05, 0) is 31.9 Å². The van der Waals surface area contributed by atoms with Crippen molar-refractivity contribution in [2.75, 3.05) is 6.54 Å². The summed E-state index contributed by atoms with van der Waals surface area (Å²) in [7, 11) is 0. The summed E-state index contributed by atoms with van der Waals surface area (Å²) in [5, 5.41) is 2.90. The number of hydrogen-bond donors (Lipinski definition) is 1. The topological polar surface area (TPSA) is 62.6 Å². The van der Waals surface area contributed by atoms with Gasteiger partial charge in [-0.25, -0.2) is 0 Å². The molecule has 0 unspecified atom stereocenters. The molecule has 20 heavy (non-hydrogen) atoms. The highest BCUT2D eigenvalue weighted by Crippen LogP contribution is 2.22. The van der Waals surface area contributed by atoms with Crippen molar-refractivity contribution in [3.05, 3.63) is 23.7 Å². The molecule has 1 aromatic heterocycles. The molecule has 1 aliphatic rings. The van der Waals surface area contributed by atoms with Gasteiger partial charge in [-0.15, -0.1) is 0 Å². The molecule has 0 aromatic carbocycles. The van der Waals surface area contributed by atoms with Gasteiger partial charge in [0.15, 0.2) is 0 Å². The van der Waals surface area contributed by atoms with Crippen molar-refractivity contribution in [2.24, 2.45) is 0 Å². The summed E-state index contributed by atoms with van der Waals surface area (Å²) in [5.74, 6) is 1.52. The van der Waals surface area contributed by atoms with Crippen molar-refractivity contribution in [1.29, 1.82) is 0 Å². The lowest BCUT2D eigenvalue weighted by molar-refractivity contribution is -0.136. The minimum atomic E-state index is -0.357. The number of aryl methyl sites for hydroxylation is 1. The zero-order valence-corrected chi connectivity index (χ0v) is 12.1. The summed E-state index contributed by atoms with van der Waals surface area (Å²) in [6.45, 7) is 4.99. The third kappa shape index (κ3) is 3.40. The van der Waals surface area contributed by atoms with E-state index in [9.17, 15) is 9.59 Å². The summed E-state index contributed by atoms with van der Waals surface area (Å²) in [5.41, 5.74) is 0. The molecule has 5 nitrogen and oxygen atoms in total. The second-order valence-corrected chi connectivity index (χ2v) is 5.23. The number of nitrogens with one attached hydrogen (secondary N) is 1. The molecule has 5 heteroatoms. The van der Waals surface area contributed by atoms with Gasteiger partial charge < -0.3 is 14.6 Å². The maximum Gasteiger partial charge on any atom is 0.242 e. The van der Waals surface area contributed by atoms with Crippen molar-refractivity contribution >= 4 is 11.8 Å². The Morgan fingerprint density at radius 1 is 1.50 bits per heavy atom. The van der Waals surface area contributed by atoms with E-state index >= 15 is 0 Å². The van der Waals surface area contributed by atoms with E-state index in [1.54, 1.807) is 4.90 Å². The molecule has 2 heterocycles. The number of amides is 2. The summed E-state index contributed by atoms with van der Waals surface area (Å²) < 4.78 is 5.49. The Bertz CT molecular complexity index is 481. The maximum absolute atomic E-state index is 12.1. The van der Waals surface area contributed by atoms with Crippen LogP contribution in [0.25, 0.3) is 0 Å². The summed E-state index contributed by atoms with van der Waals surface area (Å²) in [6.07, 6.45) is 3.03. The van der Waals surface area contributed by atoms with Gasteiger partial charge in [-0.2, -0.15) is 0 Å². The molecule has 2 amide bonds. The van der Waals surface area contributed by atoms with Crippen LogP contribution in [-0.2, 0) is 16.1 Å². The fraction of sp³-hybridized carbons (Fsp3) is 0.600. The largest absolute Gasteiger partial charge is 0.464 e. The van der Waals surface area contributed by atoms with Crippen molar-refractivity contribution in [3.63, 3.8) is 0 Å². The first-order chi connectivity index (χ1) is 9.61. The van der Waals surface area contributed by atoms with Gasteiger partial charge in [0, 0.05) is 13.0 Å². The molecular weight excluding hydrogens is 256 g/mol. The molecule has 0 spiro atoms. The maximum atomic E-state index is 12.1. The Balaban J connectivity index is 1.97. The molecule has 0 aliphatic carbocycles. The molecule has 1 saturated heterocycles.